The standard InChI is InChI=1S/C16H25N3O2.2ClH/c20-16(5-7-18-12-16)13-19-8-3-15(4-9-19)21-11-14-2-1-6-17-10-14;;/h1-2,6,10,15,18,20H,3-5,7-9,11-13H2;2*1H. The number of nitrogens with one attached hydrogen (secondary N) is 1. The lowest BCUT2D eigenvalue weighted by molar-refractivity contribution is -0.0290. The Kier molecular flexibility index (Phi) is 8.75. The zero-order valence-corrected chi connectivity index (χ0v) is 15.0. The van der Waals surface area contributed by atoms with Crippen molar-refractivity contribution in [2.24, 2.45) is 0 Å². The third-order valence-corrected chi connectivity index (χ3v) is 4.48. The van der Waals surface area contributed by atoms with Crippen molar-refractivity contribution in [3.05, 3.63) is 30.1 Å². The van der Waals surface area contributed by atoms with Gasteiger partial charge >= 0.3 is 0 Å². The van der Waals surface area contributed by atoms with E-state index in [0.717, 1.165) is 57.5 Å². The van der Waals surface area contributed by atoms with E-state index >= 15 is 0 Å². The Labute approximate surface area is 150 Å². The molecule has 132 valence electrons. The number of piperidine rings is 1. The van der Waals surface area contributed by atoms with Crippen LogP contribution < -0.4 is 5.32 Å². The molecule has 0 bridgehead atoms. The first-order chi connectivity index (χ1) is 10.2. The predicted octanol–water partition coefficient (Wildman–Crippen LogP) is 1.63. The molecule has 0 spiro atoms. The van der Waals surface area contributed by atoms with Crippen LogP contribution in [0.1, 0.15) is 24.8 Å². The first kappa shape index (κ1) is 20.6. The highest BCUT2D eigenvalue weighted by Crippen LogP contribution is 2.21. The van der Waals surface area contributed by atoms with E-state index in [1.54, 1.807) is 6.20 Å². The Hall–Kier alpha value is -0.430. The summed E-state index contributed by atoms with van der Waals surface area (Å²) in [6.45, 7) is 5.12. The molecule has 3 heterocycles. The zero-order valence-electron chi connectivity index (χ0n) is 13.3. The summed E-state index contributed by atoms with van der Waals surface area (Å²) in [5.41, 5.74) is 0.606. The molecule has 5 nitrogen and oxygen atoms in total. The summed E-state index contributed by atoms with van der Waals surface area (Å²) >= 11 is 0. The number of hydrogen-bond donors (Lipinski definition) is 2. The van der Waals surface area contributed by atoms with Gasteiger partial charge in [0.05, 0.1) is 18.3 Å². The van der Waals surface area contributed by atoms with Crippen LogP contribution in [0.5, 0.6) is 0 Å². The molecule has 1 aromatic heterocycles. The van der Waals surface area contributed by atoms with E-state index in [-0.39, 0.29) is 24.8 Å². The minimum atomic E-state index is -0.524. The number of aromatic nitrogens is 1. The molecule has 1 aromatic rings. The SMILES string of the molecule is Cl.Cl.OC1(CN2CCC(OCc3cccnc3)CC2)CCNC1. The molecular weight excluding hydrogens is 337 g/mol. The van der Waals surface area contributed by atoms with Crippen molar-refractivity contribution in [2.45, 2.75) is 37.6 Å². The fourth-order valence-corrected chi connectivity index (χ4v) is 3.21. The third kappa shape index (κ3) is 6.18. The molecule has 0 radical (unpaired) electrons. The first-order valence-electron chi connectivity index (χ1n) is 7.89. The van der Waals surface area contributed by atoms with Crippen molar-refractivity contribution in [1.82, 2.24) is 15.2 Å². The summed E-state index contributed by atoms with van der Waals surface area (Å²) in [5, 5.41) is 13.7. The largest absolute Gasteiger partial charge is 0.387 e. The van der Waals surface area contributed by atoms with Gasteiger partial charge < -0.3 is 20.1 Å². The van der Waals surface area contributed by atoms with Crippen molar-refractivity contribution in [2.75, 3.05) is 32.7 Å². The molecule has 3 rings (SSSR count). The van der Waals surface area contributed by atoms with Gasteiger partial charge in [0.25, 0.3) is 0 Å². The number of β-amino-alcohol motifs (C(OH)–C–C–N with tert-alkyl or cyclic N) is 1. The highest BCUT2D eigenvalue weighted by molar-refractivity contribution is 5.85. The van der Waals surface area contributed by atoms with Crippen molar-refractivity contribution in [3.63, 3.8) is 0 Å². The van der Waals surface area contributed by atoms with Gasteiger partial charge in [-0.05, 0) is 37.4 Å². The van der Waals surface area contributed by atoms with Gasteiger partial charge in [0, 0.05) is 38.6 Å². The smallest absolute Gasteiger partial charge is 0.0909 e. The summed E-state index contributed by atoms with van der Waals surface area (Å²) in [4.78, 5) is 6.48. The van der Waals surface area contributed by atoms with Crippen LogP contribution in [0.3, 0.4) is 0 Å². The third-order valence-electron chi connectivity index (χ3n) is 4.48. The second-order valence-corrected chi connectivity index (χ2v) is 6.30. The molecule has 0 aliphatic carbocycles. The summed E-state index contributed by atoms with van der Waals surface area (Å²) in [7, 11) is 0. The number of halogens is 2. The fraction of sp³-hybridized carbons (Fsp3) is 0.688. The minimum absolute atomic E-state index is 0. The van der Waals surface area contributed by atoms with Crippen LogP contribution in [-0.2, 0) is 11.3 Å². The molecule has 1 atom stereocenters. The van der Waals surface area contributed by atoms with Gasteiger partial charge in [0.2, 0.25) is 0 Å². The molecule has 2 saturated heterocycles. The van der Waals surface area contributed by atoms with Gasteiger partial charge in [-0.15, -0.1) is 24.8 Å². The van der Waals surface area contributed by atoms with Crippen molar-refractivity contribution in [3.8, 4) is 0 Å². The fourth-order valence-electron chi connectivity index (χ4n) is 3.21. The molecule has 1 unspecified atom stereocenters. The number of aliphatic hydroxyl groups is 1. The number of ether oxygens (including phenoxy) is 1. The Balaban J connectivity index is 0.00000132. The molecular formula is C16H27Cl2N3O2. The first-order valence-corrected chi connectivity index (χ1v) is 7.89. The van der Waals surface area contributed by atoms with Crippen LogP contribution in [0.2, 0.25) is 0 Å². The van der Waals surface area contributed by atoms with Crippen LogP contribution in [0.25, 0.3) is 0 Å². The van der Waals surface area contributed by atoms with Crippen LogP contribution in [0.4, 0.5) is 0 Å². The monoisotopic (exact) mass is 363 g/mol. The number of nitrogens with zero attached hydrogens (tertiary/aromatic N) is 2. The number of hydrogen-bond acceptors (Lipinski definition) is 5. The highest BCUT2D eigenvalue weighted by atomic mass is 35.5. The Bertz CT molecular complexity index is 436. The van der Waals surface area contributed by atoms with E-state index in [0.29, 0.717) is 12.7 Å². The van der Waals surface area contributed by atoms with Crippen LogP contribution in [0, 0.1) is 0 Å². The average Bonchev–Trinajstić information content (AvgIpc) is 2.94. The molecule has 0 saturated carbocycles. The molecule has 0 amide bonds. The zero-order chi connectivity index (χ0) is 14.5. The Morgan fingerprint density at radius 1 is 1.35 bits per heavy atom. The van der Waals surface area contributed by atoms with Gasteiger partial charge in [-0.2, -0.15) is 0 Å². The van der Waals surface area contributed by atoms with E-state index in [2.05, 4.69) is 15.2 Å². The number of rotatable bonds is 5. The van der Waals surface area contributed by atoms with E-state index in [4.69, 9.17) is 4.74 Å². The summed E-state index contributed by atoms with van der Waals surface area (Å²) < 4.78 is 5.97. The molecule has 0 aromatic carbocycles. The maximum Gasteiger partial charge on any atom is 0.0909 e. The lowest BCUT2D eigenvalue weighted by Crippen LogP contribution is -2.48. The molecule has 2 fully saturated rings. The van der Waals surface area contributed by atoms with Gasteiger partial charge in [-0.3, -0.25) is 4.98 Å². The van der Waals surface area contributed by atoms with E-state index < -0.39 is 5.60 Å². The average molecular weight is 364 g/mol. The molecule has 23 heavy (non-hydrogen) atoms. The van der Waals surface area contributed by atoms with Gasteiger partial charge in [0.15, 0.2) is 0 Å². The number of likely N-dealkylation sites (tertiary alicyclic amines) is 1. The summed E-state index contributed by atoms with van der Waals surface area (Å²) in [6.07, 6.45) is 6.93. The van der Waals surface area contributed by atoms with E-state index in [1.807, 2.05) is 18.3 Å². The van der Waals surface area contributed by atoms with Crippen molar-refractivity contribution < 1.29 is 9.84 Å². The lowest BCUT2D eigenvalue weighted by atomic mass is 10.00. The maximum atomic E-state index is 10.4. The lowest BCUT2D eigenvalue weighted by Gasteiger charge is -2.36. The normalized spacial score (nSPS) is 25.6. The molecule has 2 aliphatic heterocycles. The summed E-state index contributed by atoms with van der Waals surface area (Å²) in [6, 6.07) is 3.99. The maximum absolute atomic E-state index is 10.4. The van der Waals surface area contributed by atoms with Crippen molar-refractivity contribution >= 4 is 24.8 Å². The van der Waals surface area contributed by atoms with Crippen LogP contribution >= 0.6 is 24.8 Å². The second kappa shape index (κ2) is 9.77. The molecule has 7 heteroatoms. The number of pyridine rings is 1. The van der Waals surface area contributed by atoms with Gasteiger partial charge in [-0.25, -0.2) is 0 Å². The highest BCUT2D eigenvalue weighted by Gasteiger charge is 2.34. The van der Waals surface area contributed by atoms with Gasteiger partial charge in [0.1, 0.15) is 0 Å². The molecule has 2 aliphatic rings. The van der Waals surface area contributed by atoms with Crippen molar-refractivity contribution in [1.29, 1.82) is 0 Å². The minimum Gasteiger partial charge on any atom is -0.387 e. The quantitative estimate of drug-likeness (QED) is 0.832. The predicted molar refractivity (Wildman–Crippen MR) is 95.4 cm³/mol. The second-order valence-electron chi connectivity index (χ2n) is 6.30. The Morgan fingerprint density at radius 2 is 2.13 bits per heavy atom. The van der Waals surface area contributed by atoms with Crippen LogP contribution in [0.15, 0.2) is 24.5 Å². The summed E-state index contributed by atoms with van der Waals surface area (Å²) in [5.74, 6) is 0. The molecule has 2 N–H and O–H groups in total. The van der Waals surface area contributed by atoms with Crippen LogP contribution in [-0.4, -0.2) is 59.4 Å². The van der Waals surface area contributed by atoms with Gasteiger partial charge in [-0.1, -0.05) is 6.07 Å². The van der Waals surface area contributed by atoms with E-state index in [9.17, 15) is 5.11 Å². The van der Waals surface area contributed by atoms with E-state index in [1.165, 1.54) is 0 Å². The Morgan fingerprint density at radius 3 is 2.74 bits per heavy atom. The topological polar surface area (TPSA) is 57.6 Å².